The molecule has 0 amide bonds. The fourth-order valence-corrected chi connectivity index (χ4v) is 3.37. The molecular formula is C22H17ClFNO. The minimum atomic E-state index is -0.573. The number of ether oxygens (including phenoxy) is 1. The number of halogens is 2. The quantitative estimate of drug-likeness (QED) is 0.571. The maximum Gasteiger partial charge on any atom is 0.221 e. The van der Waals surface area contributed by atoms with Gasteiger partial charge >= 0.3 is 0 Å². The van der Waals surface area contributed by atoms with Crippen LogP contribution in [-0.4, -0.2) is 12.5 Å². The van der Waals surface area contributed by atoms with Crippen molar-refractivity contribution in [1.29, 1.82) is 0 Å². The third kappa shape index (κ3) is 2.99. The van der Waals surface area contributed by atoms with Crippen LogP contribution in [0.5, 0.6) is 0 Å². The first kappa shape index (κ1) is 16.8. The van der Waals surface area contributed by atoms with Crippen LogP contribution < -0.4 is 0 Å². The Kier molecular flexibility index (Phi) is 4.25. The first-order chi connectivity index (χ1) is 12.6. The van der Waals surface area contributed by atoms with E-state index in [0.29, 0.717) is 11.6 Å². The molecule has 0 aromatic heterocycles. The highest BCUT2D eigenvalue weighted by Gasteiger charge is 2.35. The smallest absolute Gasteiger partial charge is 0.221 e. The Bertz CT molecular complexity index is 949. The zero-order valence-electron chi connectivity index (χ0n) is 14.2. The number of hydrogen-bond donors (Lipinski definition) is 0. The van der Waals surface area contributed by atoms with Crippen LogP contribution in [0.2, 0.25) is 5.02 Å². The van der Waals surface area contributed by atoms with Crippen molar-refractivity contribution >= 4 is 17.5 Å². The minimum Gasteiger partial charge on any atom is -0.474 e. The number of nitrogens with zero attached hydrogens (tertiary/aromatic N) is 1. The molecule has 0 N–H and O–H groups in total. The Hall–Kier alpha value is -2.65. The molecule has 3 aromatic rings. The fraction of sp³-hybridized carbons (Fsp3) is 0.136. The van der Waals surface area contributed by atoms with E-state index in [0.717, 1.165) is 16.7 Å². The summed E-state index contributed by atoms with van der Waals surface area (Å²) < 4.78 is 19.9. The molecule has 130 valence electrons. The van der Waals surface area contributed by atoms with E-state index in [1.165, 1.54) is 6.07 Å². The summed E-state index contributed by atoms with van der Waals surface area (Å²) in [5.41, 5.74) is 2.96. The van der Waals surface area contributed by atoms with Crippen LogP contribution in [0.15, 0.2) is 77.8 Å². The number of rotatable bonds is 3. The lowest BCUT2D eigenvalue weighted by atomic mass is 9.92. The largest absolute Gasteiger partial charge is 0.474 e. The Morgan fingerprint density at radius 1 is 0.923 bits per heavy atom. The zero-order valence-corrected chi connectivity index (χ0v) is 15.0. The van der Waals surface area contributed by atoms with E-state index in [9.17, 15) is 4.39 Å². The number of benzene rings is 3. The SMILES string of the molecule is CC1(c2ccc(-c3ccccc3)cc2)COC(c2c(F)cccc2Cl)=N1. The van der Waals surface area contributed by atoms with Gasteiger partial charge in [0.25, 0.3) is 0 Å². The van der Waals surface area contributed by atoms with Crippen molar-refractivity contribution in [2.24, 2.45) is 4.99 Å². The predicted molar refractivity (Wildman–Crippen MR) is 103 cm³/mol. The van der Waals surface area contributed by atoms with Crippen molar-refractivity contribution in [1.82, 2.24) is 0 Å². The molecule has 0 saturated heterocycles. The molecule has 0 fully saturated rings. The van der Waals surface area contributed by atoms with Gasteiger partial charge in [0.05, 0.1) is 10.6 Å². The van der Waals surface area contributed by atoms with Crippen molar-refractivity contribution < 1.29 is 9.13 Å². The summed E-state index contributed by atoms with van der Waals surface area (Å²) in [7, 11) is 0. The zero-order chi connectivity index (χ0) is 18.1. The number of hydrogen-bond acceptors (Lipinski definition) is 2. The summed E-state index contributed by atoms with van der Waals surface area (Å²) in [5.74, 6) is -0.178. The highest BCUT2D eigenvalue weighted by Crippen LogP contribution is 2.35. The highest BCUT2D eigenvalue weighted by atomic mass is 35.5. The molecule has 1 heterocycles. The van der Waals surface area contributed by atoms with E-state index in [-0.39, 0.29) is 11.5 Å². The molecule has 0 radical (unpaired) electrons. The minimum absolute atomic E-state index is 0.221. The maximum absolute atomic E-state index is 14.2. The second kappa shape index (κ2) is 6.58. The summed E-state index contributed by atoms with van der Waals surface area (Å²) in [6.45, 7) is 2.32. The van der Waals surface area contributed by atoms with E-state index in [2.05, 4.69) is 29.3 Å². The Balaban J connectivity index is 1.67. The lowest BCUT2D eigenvalue weighted by Gasteiger charge is -2.19. The van der Waals surface area contributed by atoms with Crippen LogP contribution in [0.1, 0.15) is 18.1 Å². The van der Waals surface area contributed by atoms with Crippen molar-refractivity contribution in [2.45, 2.75) is 12.5 Å². The van der Waals surface area contributed by atoms with Gasteiger partial charge in [0.15, 0.2) is 0 Å². The van der Waals surface area contributed by atoms with E-state index < -0.39 is 11.4 Å². The Morgan fingerprint density at radius 2 is 1.62 bits per heavy atom. The summed E-state index contributed by atoms with van der Waals surface area (Å²) in [4.78, 5) is 4.65. The highest BCUT2D eigenvalue weighted by molar-refractivity contribution is 6.33. The average Bonchev–Trinajstić information content (AvgIpc) is 3.05. The second-order valence-electron chi connectivity index (χ2n) is 6.52. The lowest BCUT2D eigenvalue weighted by Crippen LogP contribution is -2.20. The molecule has 1 atom stereocenters. The van der Waals surface area contributed by atoms with Crippen molar-refractivity contribution in [2.75, 3.05) is 6.61 Å². The lowest BCUT2D eigenvalue weighted by molar-refractivity contribution is 0.269. The second-order valence-corrected chi connectivity index (χ2v) is 6.93. The van der Waals surface area contributed by atoms with Gasteiger partial charge < -0.3 is 4.74 Å². The molecule has 1 aliphatic rings. The molecule has 0 saturated carbocycles. The molecule has 26 heavy (non-hydrogen) atoms. The topological polar surface area (TPSA) is 21.6 Å². The molecule has 0 aliphatic carbocycles. The van der Waals surface area contributed by atoms with E-state index in [1.807, 2.05) is 37.3 Å². The van der Waals surface area contributed by atoms with Crippen LogP contribution in [0, 0.1) is 5.82 Å². The van der Waals surface area contributed by atoms with Crippen molar-refractivity contribution in [3.63, 3.8) is 0 Å². The van der Waals surface area contributed by atoms with Crippen LogP contribution in [0.25, 0.3) is 11.1 Å². The van der Waals surface area contributed by atoms with Crippen molar-refractivity contribution in [3.05, 3.63) is 94.8 Å². The van der Waals surface area contributed by atoms with Crippen LogP contribution >= 0.6 is 11.6 Å². The molecule has 3 aromatic carbocycles. The fourth-order valence-electron chi connectivity index (χ4n) is 3.13. The third-order valence-electron chi connectivity index (χ3n) is 4.63. The Morgan fingerprint density at radius 3 is 2.31 bits per heavy atom. The summed E-state index contributed by atoms with van der Waals surface area (Å²) >= 11 is 6.14. The predicted octanol–water partition coefficient (Wildman–Crippen LogP) is 5.84. The van der Waals surface area contributed by atoms with Gasteiger partial charge in [0.1, 0.15) is 18.0 Å². The standard InChI is InChI=1S/C22H17ClFNO/c1-22(14-26-21(25-22)20-18(23)8-5-9-19(20)24)17-12-10-16(11-13-17)15-6-3-2-4-7-15/h2-13H,14H2,1H3. The third-order valence-corrected chi connectivity index (χ3v) is 4.94. The molecular weight excluding hydrogens is 349 g/mol. The van der Waals surface area contributed by atoms with Gasteiger partial charge in [-0.2, -0.15) is 0 Å². The van der Waals surface area contributed by atoms with Gasteiger partial charge in [-0.05, 0) is 35.7 Å². The van der Waals surface area contributed by atoms with Gasteiger partial charge in [0.2, 0.25) is 5.90 Å². The molecule has 0 spiro atoms. The van der Waals surface area contributed by atoms with Crippen molar-refractivity contribution in [3.8, 4) is 11.1 Å². The Labute approximate surface area is 156 Å². The molecule has 1 aliphatic heterocycles. The van der Waals surface area contributed by atoms with Gasteiger partial charge in [-0.15, -0.1) is 0 Å². The normalized spacial score (nSPS) is 19.1. The van der Waals surface area contributed by atoms with E-state index in [1.54, 1.807) is 12.1 Å². The summed E-state index contributed by atoms with van der Waals surface area (Å²) in [6, 6.07) is 23.0. The van der Waals surface area contributed by atoms with Gasteiger partial charge in [-0.3, -0.25) is 0 Å². The van der Waals surface area contributed by atoms with E-state index in [4.69, 9.17) is 16.3 Å². The van der Waals surface area contributed by atoms with E-state index >= 15 is 0 Å². The summed E-state index contributed by atoms with van der Waals surface area (Å²) in [6.07, 6.45) is 0. The van der Waals surface area contributed by atoms with Crippen LogP contribution in [-0.2, 0) is 10.3 Å². The number of aliphatic imine (C=N–C) groups is 1. The first-order valence-electron chi connectivity index (χ1n) is 8.40. The molecule has 1 unspecified atom stereocenters. The van der Waals surface area contributed by atoms with Gasteiger partial charge in [-0.25, -0.2) is 9.38 Å². The first-order valence-corrected chi connectivity index (χ1v) is 8.78. The molecule has 2 nitrogen and oxygen atoms in total. The van der Waals surface area contributed by atoms with Gasteiger partial charge in [0, 0.05) is 0 Å². The average molecular weight is 366 g/mol. The maximum atomic E-state index is 14.2. The molecule has 4 heteroatoms. The van der Waals surface area contributed by atoms with Gasteiger partial charge in [-0.1, -0.05) is 72.3 Å². The molecule has 4 rings (SSSR count). The van der Waals surface area contributed by atoms with Crippen LogP contribution in [0.4, 0.5) is 4.39 Å². The summed E-state index contributed by atoms with van der Waals surface area (Å²) in [5, 5.41) is 0.299. The monoisotopic (exact) mass is 365 g/mol. The van der Waals surface area contributed by atoms with Crippen LogP contribution in [0.3, 0.4) is 0 Å². The molecule has 0 bridgehead atoms.